The number of nitrogens with zero attached hydrogens (tertiary/aromatic N) is 5. The van der Waals surface area contributed by atoms with Gasteiger partial charge in [0.2, 0.25) is 5.91 Å². The zero-order valence-corrected chi connectivity index (χ0v) is 17.5. The second-order valence-corrected chi connectivity index (χ2v) is 7.79. The van der Waals surface area contributed by atoms with Gasteiger partial charge in [0, 0.05) is 38.9 Å². The normalized spacial score (nSPS) is 22.0. The fourth-order valence-electron chi connectivity index (χ4n) is 3.76. The Bertz CT molecular complexity index is 890. The lowest BCUT2D eigenvalue weighted by Crippen LogP contribution is -2.46. The van der Waals surface area contributed by atoms with Gasteiger partial charge in [-0.15, -0.1) is 10.2 Å². The average Bonchev–Trinajstić information content (AvgIpc) is 3.47. The maximum atomic E-state index is 12.5. The number of hydrogen-bond donors (Lipinski definition) is 2. The third-order valence-electron chi connectivity index (χ3n) is 5.62. The van der Waals surface area contributed by atoms with E-state index >= 15 is 0 Å². The number of hydrogen-bond acceptors (Lipinski definition) is 5. The average molecular weight is 412 g/mol. The number of guanidine groups is 1. The summed E-state index contributed by atoms with van der Waals surface area (Å²) >= 11 is 0. The molecule has 4 rings (SSSR count). The molecule has 2 atom stereocenters. The van der Waals surface area contributed by atoms with E-state index in [1.165, 1.54) is 0 Å². The number of amides is 1. The first-order valence-electron chi connectivity index (χ1n) is 10.5. The number of aromatic nitrogens is 3. The zero-order chi connectivity index (χ0) is 20.9. The maximum absolute atomic E-state index is 12.5. The van der Waals surface area contributed by atoms with Gasteiger partial charge < -0.3 is 24.8 Å². The van der Waals surface area contributed by atoms with Crippen molar-refractivity contribution in [3.05, 3.63) is 42.0 Å². The van der Waals surface area contributed by atoms with Crippen LogP contribution in [0.3, 0.4) is 0 Å². The fraction of sp³-hybridized carbons (Fsp3) is 0.524. The molecule has 9 nitrogen and oxygen atoms in total. The van der Waals surface area contributed by atoms with Gasteiger partial charge in [-0.25, -0.2) is 4.99 Å². The highest BCUT2D eigenvalue weighted by Gasteiger charge is 2.31. The lowest BCUT2D eigenvalue weighted by molar-refractivity contribution is -0.117. The van der Waals surface area contributed by atoms with E-state index in [4.69, 9.17) is 9.73 Å². The van der Waals surface area contributed by atoms with E-state index in [2.05, 4.69) is 20.8 Å². The van der Waals surface area contributed by atoms with Crippen molar-refractivity contribution in [2.75, 3.05) is 24.6 Å². The second-order valence-electron chi connectivity index (χ2n) is 7.79. The van der Waals surface area contributed by atoms with Crippen LogP contribution in [0.15, 0.2) is 35.3 Å². The highest BCUT2D eigenvalue weighted by atomic mass is 16.5. The van der Waals surface area contributed by atoms with E-state index in [0.717, 1.165) is 36.8 Å². The minimum Gasteiger partial charge on any atom is -0.376 e. The summed E-state index contributed by atoms with van der Waals surface area (Å²) in [5.41, 5.74) is 0.923. The zero-order valence-electron chi connectivity index (χ0n) is 17.5. The molecule has 0 bridgehead atoms. The molecule has 160 valence electrons. The molecule has 2 aliphatic rings. The number of aliphatic imine (C=N–C) groups is 1. The molecule has 2 fully saturated rings. The van der Waals surface area contributed by atoms with Gasteiger partial charge in [0.05, 0.1) is 12.1 Å². The van der Waals surface area contributed by atoms with Crippen LogP contribution in [0.25, 0.3) is 0 Å². The molecule has 0 aliphatic carbocycles. The molecule has 1 amide bonds. The summed E-state index contributed by atoms with van der Waals surface area (Å²) in [5.74, 6) is 2.42. The quantitative estimate of drug-likeness (QED) is 0.547. The number of para-hydroxylation sites is 1. The van der Waals surface area contributed by atoms with E-state index in [-0.39, 0.29) is 18.1 Å². The van der Waals surface area contributed by atoms with Gasteiger partial charge in [0.15, 0.2) is 11.8 Å². The number of carbonyl (C=O) groups is 1. The molecule has 2 aliphatic heterocycles. The molecule has 3 heterocycles. The summed E-state index contributed by atoms with van der Waals surface area (Å²) in [7, 11) is 1.93. The SMILES string of the molecule is Cc1nnc(CN=C(NCC2CCCO2)NC2CC(=O)N(c3ccccc3)C2)n1C. The van der Waals surface area contributed by atoms with E-state index in [1.54, 1.807) is 0 Å². The molecule has 2 unspecified atom stereocenters. The van der Waals surface area contributed by atoms with Gasteiger partial charge in [-0.05, 0) is 31.9 Å². The van der Waals surface area contributed by atoms with Crippen LogP contribution in [0.4, 0.5) is 5.69 Å². The summed E-state index contributed by atoms with van der Waals surface area (Å²) in [4.78, 5) is 19.1. The number of anilines is 1. The number of aryl methyl sites for hydroxylation is 1. The molecule has 2 saturated heterocycles. The minimum absolute atomic E-state index is 0.0188. The van der Waals surface area contributed by atoms with Crippen molar-refractivity contribution >= 4 is 17.6 Å². The molecule has 30 heavy (non-hydrogen) atoms. The molecule has 1 aromatic carbocycles. The van der Waals surface area contributed by atoms with Gasteiger partial charge in [0.25, 0.3) is 0 Å². The van der Waals surface area contributed by atoms with Crippen molar-refractivity contribution in [2.24, 2.45) is 12.0 Å². The van der Waals surface area contributed by atoms with Crippen molar-refractivity contribution in [3.63, 3.8) is 0 Å². The van der Waals surface area contributed by atoms with Crippen LogP contribution in [0.1, 0.15) is 30.9 Å². The molecular formula is C21H29N7O2. The Labute approximate surface area is 176 Å². The summed E-state index contributed by atoms with van der Waals surface area (Å²) in [6, 6.07) is 9.75. The Morgan fingerprint density at radius 2 is 2.13 bits per heavy atom. The summed E-state index contributed by atoms with van der Waals surface area (Å²) in [6.45, 7) is 4.42. The molecule has 1 aromatic heterocycles. The standard InChI is InChI=1S/C21H29N7O2/c1-15-25-26-19(27(15)2)13-23-21(22-12-18-9-6-10-30-18)24-16-11-20(29)28(14-16)17-7-4-3-5-8-17/h3-5,7-8,16,18H,6,9-14H2,1-2H3,(H2,22,23,24). The van der Waals surface area contributed by atoms with Crippen LogP contribution in [-0.4, -0.2) is 58.5 Å². The number of nitrogens with one attached hydrogen (secondary N) is 2. The van der Waals surface area contributed by atoms with Gasteiger partial charge in [-0.3, -0.25) is 4.79 Å². The van der Waals surface area contributed by atoms with Crippen LogP contribution < -0.4 is 15.5 Å². The molecular weight excluding hydrogens is 382 g/mol. The molecule has 0 radical (unpaired) electrons. The predicted molar refractivity (Wildman–Crippen MR) is 114 cm³/mol. The maximum Gasteiger partial charge on any atom is 0.229 e. The van der Waals surface area contributed by atoms with Crippen LogP contribution >= 0.6 is 0 Å². The molecule has 2 N–H and O–H groups in total. The van der Waals surface area contributed by atoms with Crippen molar-refractivity contribution in [3.8, 4) is 0 Å². The Morgan fingerprint density at radius 1 is 1.30 bits per heavy atom. The number of benzene rings is 1. The summed E-state index contributed by atoms with van der Waals surface area (Å²) < 4.78 is 7.64. The topological polar surface area (TPSA) is 96.7 Å². The first-order chi connectivity index (χ1) is 14.6. The Morgan fingerprint density at radius 3 is 2.83 bits per heavy atom. The van der Waals surface area contributed by atoms with Gasteiger partial charge in [-0.1, -0.05) is 18.2 Å². The minimum atomic E-state index is -0.0188. The van der Waals surface area contributed by atoms with Gasteiger partial charge in [-0.2, -0.15) is 0 Å². The van der Waals surface area contributed by atoms with Crippen molar-refractivity contribution in [1.29, 1.82) is 0 Å². The summed E-state index contributed by atoms with van der Waals surface area (Å²) in [5, 5.41) is 15.1. The first-order valence-corrected chi connectivity index (χ1v) is 10.5. The number of rotatable bonds is 6. The lowest BCUT2D eigenvalue weighted by atomic mass is 10.2. The second kappa shape index (κ2) is 9.25. The van der Waals surface area contributed by atoms with Crippen molar-refractivity contribution in [2.45, 2.75) is 44.9 Å². The lowest BCUT2D eigenvalue weighted by Gasteiger charge is -2.20. The van der Waals surface area contributed by atoms with Crippen molar-refractivity contribution < 1.29 is 9.53 Å². The van der Waals surface area contributed by atoms with E-state index in [9.17, 15) is 4.79 Å². The Hall–Kier alpha value is -2.94. The highest BCUT2D eigenvalue weighted by molar-refractivity contribution is 5.97. The Balaban J connectivity index is 1.42. The van der Waals surface area contributed by atoms with E-state index < -0.39 is 0 Å². The fourth-order valence-corrected chi connectivity index (χ4v) is 3.76. The summed E-state index contributed by atoms with van der Waals surface area (Å²) in [6.07, 6.45) is 2.76. The van der Waals surface area contributed by atoms with E-state index in [0.29, 0.717) is 32.0 Å². The van der Waals surface area contributed by atoms with Gasteiger partial charge in [0.1, 0.15) is 12.4 Å². The molecule has 0 saturated carbocycles. The highest BCUT2D eigenvalue weighted by Crippen LogP contribution is 2.21. The van der Waals surface area contributed by atoms with Crippen LogP contribution in [0, 0.1) is 6.92 Å². The third kappa shape index (κ3) is 4.79. The first kappa shape index (κ1) is 20.3. The molecule has 0 spiro atoms. The number of carbonyl (C=O) groups excluding carboxylic acids is 1. The van der Waals surface area contributed by atoms with E-state index in [1.807, 2.05) is 53.8 Å². The largest absolute Gasteiger partial charge is 0.376 e. The van der Waals surface area contributed by atoms with Crippen LogP contribution in [0.2, 0.25) is 0 Å². The monoisotopic (exact) mass is 411 g/mol. The smallest absolute Gasteiger partial charge is 0.229 e. The van der Waals surface area contributed by atoms with Gasteiger partial charge >= 0.3 is 0 Å². The third-order valence-corrected chi connectivity index (χ3v) is 5.62. The van der Waals surface area contributed by atoms with Crippen LogP contribution in [-0.2, 0) is 23.1 Å². The number of ether oxygens (including phenoxy) is 1. The van der Waals surface area contributed by atoms with Crippen LogP contribution in [0.5, 0.6) is 0 Å². The Kier molecular flexibility index (Phi) is 6.27. The molecule has 9 heteroatoms. The molecule has 2 aromatic rings. The van der Waals surface area contributed by atoms with Crippen molar-refractivity contribution in [1.82, 2.24) is 25.4 Å². The predicted octanol–water partition coefficient (Wildman–Crippen LogP) is 1.14.